The highest BCUT2D eigenvalue weighted by Crippen LogP contribution is 2.27. The van der Waals surface area contributed by atoms with Crippen molar-refractivity contribution in [3.8, 4) is 6.07 Å². The van der Waals surface area contributed by atoms with Crippen molar-refractivity contribution in [2.45, 2.75) is 31.7 Å². The Morgan fingerprint density at radius 1 is 1.44 bits per heavy atom. The van der Waals surface area contributed by atoms with E-state index in [-0.39, 0.29) is 5.54 Å². The minimum absolute atomic E-state index is 0.0677. The number of hydrogen-bond acceptors (Lipinski definition) is 4. The van der Waals surface area contributed by atoms with Gasteiger partial charge in [-0.3, -0.25) is 0 Å². The standard InChI is InChI=1S/C14H19N3O/c1-14(5-8-18-9-6-14)17-12-2-3-13(16)11(10-12)4-7-15/h2-3,10,17H,4-6,8-9,16H2,1H3. The summed E-state index contributed by atoms with van der Waals surface area (Å²) in [5.41, 5.74) is 8.50. The van der Waals surface area contributed by atoms with Crippen LogP contribution in [0.3, 0.4) is 0 Å². The van der Waals surface area contributed by atoms with Gasteiger partial charge in [-0.05, 0) is 43.5 Å². The van der Waals surface area contributed by atoms with Crippen LogP contribution in [0.2, 0.25) is 0 Å². The second kappa shape index (κ2) is 5.28. The number of rotatable bonds is 3. The number of nitrogen functional groups attached to an aromatic ring is 1. The molecular weight excluding hydrogens is 226 g/mol. The molecule has 1 aromatic rings. The van der Waals surface area contributed by atoms with E-state index in [1.54, 1.807) is 0 Å². The lowest BCUT2D eigenvalue weighted by Gasteiger charge is -2.35. The van der Waals surface area contributed by atoms with Crippen LogP contribution in [0.25, 0.3) is 0 Å². The number of hydrogen-bond donors (Lipinski definition) is 2. The highest BCUT2D eigenvalue weighted by molar-refractivity contribution is 5.58. The van der Waals surface area contributed by atoms with Crippen LogP contribution in [0.15, 0.2) is 18.2 Å². The minimum atomic E-state index is 0.0677. The van der Waals surface area contributed by atoms with Gasteiger partial charge in [-0.1, -0.05) is 0 Å². The van der Waals surface area contributed by atoms with Crippen molar-refractivity contribution in [2.75, 3.05) is 24.3 Å². The van der Waals surface area contributed by atoms with Crippen LogP contribution in [0.5, 0.6) is 0 Å². The Kier molecular flexibility index (Phi) is 3.73. The van der Waals surface area contributed by atoms with E-state index in [9.17, 15) is 0 Å². The van der Waals surface area contributed by atoms with Crippen LogP contribution < -0.4 is 11.1 Å². The van der Waals surface area contributed by atoms with Gasteiger partial charge in [0.15, 0.2) is 0 Å². The molecule has 0 bridgehead atoms. The average Bonchev–Trinajstić information content (AvgIpc) is 2.34. The molecule has 3 N–H and O–H groups in total. The van der Waals surface area contributed by atoms with Crippen molar-refractivity contribution in [3.63, 3.8) is 0 Å². The number of nitriles is 1. The summed E-state index contributed by atoms with van der Waals surface area (Å²) in [6.07, 6.45) is 2.33. The summed E-state index contributed by atoms with van der Waals surface area (Å²) in [5.74, 6) is 0. The first kappa shape index (κ1) is 12.7. The Bertz CT molecular complexity index is 459. The van der Waals surface area contributed by atoms with E-state index in [1.165, 1.54) is 0 Å². The van der Waals surface area contributed by atoms with Crippen LogP contribution in [-0.4, -0.2) is 18.8 Å². The second-order valence-electron chi connectivity index (χ2n) is 5.05. The van der Waals surface area contributed by atoms with E-state index in [1.807, 2.05) is 18.2 Å². The van der Waals surface area contributed by atoms with E-state index in [0.29, 0.717) is 12.1 Å². The minimum Gasteiger partial charge on any atom is -0.398 e. The molecule has 0 aromatic heterocycles. The van der Waals surface area contributed by atoms with Gasteiger partial charge in [0.1, 0.15) is 0 Å². The normalized spacial score (nSPS) is 18.0. The van der Waals surface area contributed by atoms with Gasteiger partial charge in [0.25, 0.3) is 0 Å². The largest absolute Gasteiger partial charge is 0.398 e. The summed E-state index contributed by atoms with van der Waals surface area (Å²) < 4.78 is 5.38. The third-order valence-electron chi connectivity index (χ3n) is 3.45. The van der Waals surface area contributed by atoms with Gasteiger partial charge in [-0.25, -0.2) is 0 Å². The van der Waals surface area contributed by atoms with Gasteiger partial charge in [-0.2, -0.15) is 5.26 Å². The first-order valence-corrected chi connectivity index (χ1v) is 6.24. The van der Waals surface area contributed by atoms with E-state index < -0.39 is 0 Å². The Morgan fingerprint density at radius 3 is 2.83 bits per heavy atom. The molecule has 0 radical (unpaired) electrons. The van der Waals surface area contributed by atoms with Crippen molar-refractivity contribution in [1.29, 1.82) is 5.26 Å². The first-order valence-electron chi connectivity index (χ1n) is 6.24. The maximum absolute atomic E-state index is 8.76. The lowest BCUT2D eigenvalue weighted by molar-refractivity contribution is 0.0658. The molecule has 4 nitrogen and oxygen atoms in total. The first-order chi connectivity index (χ1) is 8.63. The van der Waals surface area contributed by atoms with E-state index in [4.69, 9.17) is 15.7 Å². The van der Waals surface area contributed by atoms with Crippen LogP contribution >= 0.6 is 0 Å². The van der Waals surface area contributed by atoms with E-state index >= 15 is 0 Å². The Balaban J connectivity index is 2.14. The molecule has 0 aliphatic carbocycles. The lowest BCUT2D eigenvalue weighted by Crippen LogP contribution is -2.40. The van der Waals surface area contributed by atoms with Crippen LogP contribution in [0, 0.1) is 11.3 Å². The SMILES string of the molecule is CC1(Nc2ccc(N)c(CC#N)c2)CCOCC1. The second-order valence-corrected chi connectivity index (χ2v) is 5.05. The maximum Gasteiger partial charge on any atom is 0.0670 e. The van der Waals surface area contributed by atoms with Crippen molar-refractivity contribution in [3.05, 3.63) is 23.8 Å². The third kappa shape index (κ3) is 2.93. The van der Waals surface area contributed by atoms with Crippen LogP contribution in [0.1, 0.15) is 25.3 Å². The van der Waals surface area contributed by atoms with Gasteiger partial charge >= 0.3 is 0 Å². The summed E-state index contributed by atoms with van der Waals surface area (Å²) in [7, 11) is 0. The Hall–Kier alpha value is -1.73. The van der Waals surface area contributed by atoms with Crippen molar-refractivity contribution >= 4 is 11.4 Å². The molecule has 1 aromatic carbocycles. The molecule has 1 heterocycles. The highest BCUT2D eigenvalue weighted by Gasteiger charge is 2.26. The fourth-order valence-electron chi connectivity index (χ4n) is 2.22. The molecule has 1 fully saturated rings. The molecular formula is C14H19N3O. The number of ether oxygens (including phenoxy) is 1. The number of nitrogens with one attached hydrogen (secondary N) is 1. The molecule has 96 valence electrons. The molecule has 1 aliphatic heterocycles. The molecule has 18 heavy (non-hydrogen) atoms. The van der Waals surface area contributed by atoms with Crippen molar-refractivity contribution < 1.29 is 4.74 Å². The molecule has 0 saturated carbocycles. The molecule has 0 atom stereocenters. The van der Waals surface area contributed by atoms with E-state index in [2.05, 4.69) is 18.3 Å². The molecule has 0 spiro atoms. The Labute approximate surface area is 108 Å². The quantitative estimate of drug-likeness (QED) is 0.802. The fraction of sp³-hybridized carbons (Fsp3) is 0.500. The topological polar surface area (TPSA) is 71.1 Å². The number of benzene rings is 1. The number of nitrogens with zero attached hydrogens (tertiary/aromatic N) is 1. The molecule has 1 saturated heterocycles. The molecule has 4 heteroatoms. The summed E-state index contributed by atoms with van der Waals surface area (Å²) in [6.45, 7) is 3.79. The molecule has 2 rings (SSSR count). The summed E-state index contributed by atoms with van der Waals surface area (Å²) in [4.78, 5) is 0. The summed E-state index contributed by atoms with van der Waals surface area (Å²) >= 11 is 0. The molecule has 1 aliphatic rings. The molecule has 0 amide bonds. The van der Waals surface area contributed by atoms with Crippen LogP contribution in [-0.2, 0) is 11.2 Å². The van der Waals surface area contributed by atoms with Crippen molar-refractivity contribution in [2.24, 2.45) is 0 Å². The van der Waals surface area contributed by atoms with Gasteiger partial charge in [0.2, 0.25) is 0 Å². The van der Waals surface area contributed by atoms with Crippen LogP contribution in [0.4, 0.5) is 11.4 Å². The predicted octanol–water partition coefficient (Wildman–Crippen LogP) is 2.32. The molecule has 0 unspecified atom stereocenters. The monoisotopic (exact) mass is 245 g/mol. The predicted molar refractivity (Wildman–Crippen MR) is 72.3 cm³/mol. The fourth-order valence-corrected chi connectivity index (χ4v) is 2.22. The van der Waals surface area contributed by atoms with Gasteiger partial charge in [-0.15, -0.1) is 0 Å². The van der Waals surface area contributed by atoms with Gasteiger partial charge < -0.3 is 15.8 Å². The van der Waals surface area contributed by atoms with E-state index in [0.717, 1.165) is 37.3 Å². The van der Waals surface area contributed by atoms with Gasteiger partial charge in [0, 0.05) is 30.1 Å². The highest BCUT2D eigenvalue weighted by atomic mass is 16.5. The van der Waals surface area contributed by atoms with Gasteiger partial charge in [0.05, 0.1) is 12.5 Å². The maximum atomic E-state index is 8.76. The third-order valence-corrected chi connectivity index (χ3v) is 3.45. The zero-order valence-electron chi connectivity index (χ0n) is 10.7. The van der Waals surface area contributed by atoms with Crippen molar-refractivity contribution in [1.82, 2.24) is 0 Å². The lowest BCUT2D eigenvalue weighted by atomic mass is 9.92. The Morgan fingerprint density at radius 2 is 2.17 bits per heavy atom. The number of anilines is 2. The zero-order chi connectivity index (χ0) is 13.0. The summed E-state index contributed by atoms with van der Waals surface area (Å²) in [5, 5.41) is 12.3. The average molecular weight is 245 g/mol. The smallest absolute Gasteiger partial charge is 0.0670 e. The zero-order valence-corrected chi connectivity index (χ0v) is 10.7. The summed E-state index contributed by atoms with van der Waals surface area (Å²) in [6, 6.07) is 7.94. The number of nitrogens with two attached hydrogens (primary N) is 1.